The van der Waals surface area contributed by atoms with Gasteiger partial charge in [0.1, 0.15) is 12.7 Å². The molecule has 3 rings (SSSR count). The third-order valence-electron chi connectivity index (χ3n) is 4.67. The molecule has 0 bridgehead atoms. The number of hydrogen-bond donors (Lipinski definition) is 1. The molecule has 134 valence electrons. The lowest BCUT2D eigenvalue weighted by Crippen LogP contribution is -2.28. The number of fused-ring (bicyclic) bond motifs is 3. The van der Waals surface area contributed by atoms with E-state index in [0.29, 0.717) is 12.2 Å². The first-order valence-electron chi connectivity index (χ1n) is 8.47. The number of hydrogen-bond acceptors (Lipinski definition) is 4. The first-order chi connectivity index (χ1) is 11.7. The minimum Gasteiger partial charge on any atom is -0.461 e. The molecule has 0 aromatic heterocycles. The van der Waals surface area contributed by atoms with Crippen LogP contribution < -0.4 is 0 Å². The zero-order chi connectivity index (χ0) is 17.1. The second-order valence-corrected chi connectivity index (χ2v) is 5.92. The highest BCUT2D eigenvalue weighted by Gasteiger charge is 2.30. The Balaban J connectivity index is 0.00000225. The number of carbonyl (C=O) groups excluding carboxylic acids is 1. The van der Waals surface area contributed by atoms with Crippen molar-refractivity contribution < 1.29 is 14.6 Å². The second-order valence-electron chi connectivity index (χ2n) is 5.92. The predicted molar refractivity (Wildman–Crippen MR) is 101 cm³/mol. The summed E-state index contributed by atoms with van der Waals surface area (Å²) < 4.78 is 5.48. The number of likely N-dealkylation sites (N-methyl/N-ethyl adjacent to an activating group) is 1. The van der Waals surface area contributed by atoms with Gasteiger partial charge in [-0.3, -0.25) is 0 Å². The molecule has 0 saturated carbocycles. The topological polar surface area (TPSA) is 49.8 Å². The van der Waals surface area contributed by atoms with Gasteiger partial charge in [0.2, 0.25) is 0 Å². The number of benzene rings is 2. The molecule has 1 atom stereocenters. The van der Waals surface area contributed by atoms with E-state index < -0.39 is 6.10 Å². The maximum Gasteiger partial charge on any atom is 0.338 e. The molecule has 1 unspecified atom stereocenters. The lowest BCUT2D eigenvalue weighted by Gasteiger charge is -2.18. The van der Waals surface area contributed by atoms with Crippen molar-refractivity contribution in [2.24, 2.45) is 0 Å². The summed E-state index contributed by atoms with van der Waals surface area (Å²) in [4.78, 5) is 14.8. The number of aliphatic hydroxyl groups excluding tert-OH is 1. The molecule has 0 heterocycles. The van der Waals surface area contributed by atoms with E-state index in [0.717, 1.165) is 41.9 Å². The lowest BCUT2D eigenvalue weighted by atomic mass is 9.99. The van der Waals surface area contributed by atoms with Crippen molar-refractivity contribution >= 4 is 18.4 Å². The van der Waals surface area contributed by atoms with Gasteiger partial charge in [-0.15, -0.1) is 12.4 Å². The molecule has 1 aliphatic rings. The standard InChI is InChI=1S/C20H23NO3.ClH/c1-3-21(4-2)12-13-24-20(23)17-11-7-10-16-18(17)14-8-5-6-9-15(14)19(16)22;/h5-11,19,22H,3-4,12-13H2,1-2H3;1H. The molecular weight excluding hydrogens is 338 g/mol. The lowest BCUT2D eigenvalue weighted by molar-refractivity contribution is 0.0467. The number of nitrogens with zero attached hydrogens (tertiary/aromatic N) is 1. The fourth-order valence-electron chi connectivity index (χ4n) is 3.28. The highest BCUT2D eigenvalue weighted by atomic mass is 35.5. The summed E-state index contributed by atoms with van der Waals surface area (Å²) in [6.45, 7) is 7.16. The summed E-state index contributed by atoms with van der Waals surface area (Å²) >= 11 is 0. The zero-order valence-corrected chi connectivity index (χ0v) is 15.4. The molecule has 0 aliphatic heterocycles. The van der Waals surface area contributed by atoms with Gasteiger partial charge in [-0.1, -0.05) is 50.2 Å². The smallest absolute Gasteiger partial charge is 0.338 e. The predicted octanol–water partition coefficient (Wildman–Crippen LogP) is 3.67. The fraction of sp³-hybridized carbons (Fsp3) is 0.350. The van der Waals surface area contributed by atoms with E-state index in [1.165, 1.54) is 0 Å². The van der Waals surface area contributed by atoms with Gasteiger partial charge in [0, 0.05) is 12.1 Å². The Labute approximate surface area is 154 Å². The number of rotatable bonds is 6. The monoisotopic (exact) mass is 361 g/mol. The van der Waals surface area contributed by atoms with Gasteiger partial charge in [-0.05, 0) is 35.8 Å². The van der Waals surface area contributed by atoms with Gasteiger partial charge >= 0.3 is 5.97 Å². The summed E-state index contributed by atoms with van der Waals surface area (Å²) in [7, 11) is 0. The van der Waals surface area contributed by atoms with Crippen LogP contribution in [0.5, 0.6) is 0 Å². The first kappa shape index (κ1) is 19.4. The number of esters is 1. The summed E-state index contributed by atoms with van der Waals surface area (Å²) in [6.07, 6.45) is -0.681. The summed E-state index contributed by atoms with van der Waals surface area (Å²) in [5, 5.41) is 10.5. The normalized spacial score (nSPS) is 14.6. The van der Waals surface area contributed by atoms with Crippen molar-refractivity contribution in [3.63, 3.8) is 0 Å². The Hall–Kier alpha value is -1.88. The van der Waals surface area contributed by atoms with Gasteiger partial charge in [0.25, 0.3) is 0 Å². The van der Waals surface area contributed by atoms with Crippen LogP contribution >= 0.6 is 12.4 Å². The Bertz CT molecular complexity index is 743. The van der Waals surface area contributed by atoms with Crippen LogP contribution in [0.25, 0.3) is 11.1 Å². The summed E-state index contributed by atoms with van der Waals surface area (Å²) in [5.74, 6) is -0.331. The first-order valence-corrected chi connectivity index (χ1v) is 8.47. The van der Waals surface area contributed by atoms with Crippen LogP contribution in [0.3, 0.4) is 0 Å². The van der Waals surface area contributed by atoms with Crippen LogP contribution in [0.4, 0.5) is 0 Å². The average Bonchev–Trinajstić information content (AvgIpc) is 2.92. The minimum atomic E-state index is -0.681. The quantitative estimate of drug-likeness (QED) is 0.797. The van der Waals surface area contributed by atoms with E-state index in [1.807, 2.05) is 30.3 Å². The van der Waals surface area contributed by atoms with E-state index in [4.69, 9.17) is 4.74 Å². The van der Waals surface area contributed by atoms with E-state index in [9.17, 15) is 9.90 Å². The van der Waals surface area contributed by atoms with Crippen LogP contribution in [0.2, 0.25) is 0 Å². The molecule has 1 aliphatic carbocycles. The zero-order valence-electron chi connectivity index (χ0n) is 14.6. The van der Waals surface area contributed by atoms with Gasteiger partial charge in [0.15, 0.2) is 0 Å². The molecule has 0 amide bonds. The van der Waals surface area contributed by atoms with Gasteiger partial charge in [-0.2, -0.15) is 0 Å². The second kappa shape index (κ2) is 8.48. The third kappa shape index (κ3) is 3.71. The van der Waals surface area contributed by atoms with Crippen LogP contribution in [-0.4, -0.2) is 42.2 Å². The number of aliphatic hydroxyl groups is 1. The van der Waals surface area contributed by atoms with Crippen LogP contribution in [0.15, 0.2) is 42.5 Å². The van der Waals surface area contributed by atoms with E-state index in [-0.39, 0.29) is 18.4 Å². The number of halogens is 1. The van der Waals surface area contributed by atoms with Crippen molar-refractivity contribution in [1.82, 2.24) is 4.90 Å². The molecule has 4 nitrogen and oxygen atoms in total. The van der Waals surface area contributed by atoms with Gasteiger partial charge < -0.3 is 14.7 Å². The van der Waals surface area contributed by atoms with Crippen molar-refractivity contribution in [3.05, 3.63) is 59.2 Å². The molecule has 0 fully saturated rings. The molecule has 0 spiro atoms. The van der Waals surface area contributed by atoms with E-state index in [2.05, 4.69) is 18.7 Å². The Morgan fingerprint density at radius 2 is 1.76 bits per heavy atom. The maximum atomic E-state index is 12.6. The third-order valence-corrected chi connectivity index (χ3v) is 4.67. The number of ether oxygens (including phenoxy) is 1. The average molecular weight is 362 g/mol. The molecule has 0 radical (unpaired) electrons. The van der Waals surface area contributed by atoms with Crippen LogP contribution in [0.1, 0.15) is 41.4 Å². The Kier molecular flexibility index (Phi) is 6.59. The van der Waals surface area contributed by atoms with E-state index >= 15 is 0 Å². The van der Waals surface area contributed by atoms with Crippen LogP contribution in [-0.2, 0) is 4.74 Å². The molecule has 1 N–H and O–H groups in total. The SMILES string of the molecule is CCN(CC)CCOC(=O)c1cccc2c1-c1ccccc1C2O.Cl. The van der Waals surface area contributed by atoms with E-state index in [1.54, 1.807) is 12.1 Å². The molecule has 0 saturated heterocycles. The highest BCUT2D eigenvalue weighted by molar-refractivity contribution is 6.00. The largest absolute Gasteiger partial charge is 0.461 e. The van der Waals surface area contributed by atoms with Crippen molar-refractivity contribution in [1.29, 1.82) is 0 Å². The Morgan fingerprint density at radius 3 is 2.48 bits per heavy atom. The van der Waals surface area contributed by atoms with Crippen LogP contribution in [0, 0.1) is 0 Å². The van der Waals surface area contributed by atoms with Crippen molar-refractivity contribution in [2.45, 2.75) is 20.0 Å². The summed E-state index contributed by atoms with van der Waals surface area (Å²) in [6, 6.07) is 13.1. The fourth-order valence-corrected chi connectivity index (χ4v) is 3.28. The highest BCUT2D eigenvalue weighted by Crippen LogP contribution is 2.45. The molecule has 25 heavy (non-hydrogen) atoms. The van der Waals surface area contributed by atoms with Gasteiger partial charge in [-0.25, -0.2) is 4.79 Å². The molecule has 2 aromatic carbocycles. The molecular formula is C20H24ClNO3. The summed E-state index contributed by atoms with van der Waals surface area (Å²) in [5.41, 5.74) is 3.85. The molecule has 5 heteroatoms. The molecule has 2 aromatic rings. The van der Waals surface area contributed by atoms with Crippen molar-refractivity contribution in [3.8, 4) is 11.1 Å². The van der Waals surface area contributed by atoms with Crippen molar-refractivity contribution in [2.75, 3.05) is 26.2 Å². The maximum absolute atomic E-state index is 12.6. The number of carbonyl (C=O) groups is 1. The Morgan fingerprint density at radius 1 is 1.08 bits per heavy atom. The van der Waals surface area contributed by atoms with Gasteiger partial charge in [0.05, 0.1) is 5.56 Å². The minimum absolute atomic E-state index is 0.